The van der Waals surface area contributed by atoms with Gasteiger partial charge in [-0.1, -0.05) is 66.0 Å². The highest BCUT2D eigenvalue weighted by Crippen LogP contribution is 2.46. The Morgan fingerprint density at radius 2 is 1.69 bits per heavy atom. The molecule has 1 saturated carbocycles. The van der Waals surface area contributed by atoms with Crippen LogP contribution >= 0.6 is 23.2 Å². The topological polar surface area (TPSA) is 55.4 Å². The van der Waals surface area contributed by atoms with E-state index in [1.165, 1.54) is 6.42 Å². The molecule has 0 amide bonds. The number of carbonyl (C=O) groups is 2. The van der Waals surface area contributed by atoms with Gasteiger partial charge in [-0.05, 0) is 68.2 Å². The summed E-state index contributed by atoms with van der Waals surface area (Å²) in [5.74, 6) is -0.768. The van der Waals surface area contributed by atoms with E-state index in [0.29, 0.717) is 34.0 Å². The number of ether oxygens (including phenoxy) is 1. The van der Waals surface area contributed by atoms with Crippen LogP contribution in [0.25, 0.3) is 0 Å². The van der Waals surface area contributed by atoms with Gasteiger partial charge in [-0.25, -0.2) is 4.79 Å². The molecule has 0 saturated heterocycles. The maximum absolute atomic E-state index is 13.7. The van der Waals surface area contributed by atoms with Crippen molar-refractivity contribution in [3.05, 3.63) is 92.2 Å². The summed E-state index contributed by atoms with van der Waals surface area (Å²) in [6, 6.07) is 15.5. The van der Waals surface area contributed by atoms with Crippen LogP contribution in [-0.4, -0.2) is 17.9 Å². The van der Waals surface area contributed by atoms with E-state index in [0.717, 1.165) is 48.2 Å². The van der Waals surface area contributed by atoms with E-state index in [9.17, 15) is 9.59 Å². The quantitative estimate of drug-likeness (QED) is 0.441. The predicted octanol–water partition coefficient (Wildman–Crippen LogP) is 7.23. The number of hydrogen-bond acceptors (Lipinski definition) is 4. The molecule has 2 aromatic rings. The van der Waals surface area contributed by atoms with E-state index < -0.39 is 5.92 Å². The number of allylic oxidation sites excluding steroid dienone is 3. The van der Waals surface area contributed by atoms with Crippen LogP contribution in [0.1, 0.15) is 74.8 Å². The fraction of sp³-hybridized carbons (Fsp3) is 0.379. The lowest BCUT2D eigenvalue weighted by molar-refractivity contribution is -0.146. The molecular formula is C29H29Cl2NO3. The van der Waals surface area contributed by atoms with E-state index in [-0.39, 0.29) is 23.8 Å². The van der Waals surface area contributed by atoms with Crippen molar-refractivity contribution in [2.45, 2.75) is 69.8 Å². The molecule has 1 aliphatic heterocycles. The Balaban J connectivity index is 1.55. The molecule has 1 N–H and O–H groups in total. The summed E-state index contributed by atoms with van der Waals surface area (Å²) in [6.45, 7) is 1.89. The predicted molar refractivity (Wildman–Crippen MR) is 138 cm³/mol. The van der Waals surface area contributed by atoms with Crippen LogP contribution in [0, 0.1) is 0 Å². The number of rotatable bonds is 4. The summed E-state index contributed by atoms with van der Waals surface area (Å²) in [5.41, 5.74) is 4.63. The van der Waals surface area contributed by atoms with Gasteiger partial charge in [0.15, 0.2) is 5.78 Å². The summed E-state index contributed by atoms with van der Waals surface area (Å²) in [5, 5.41) is 4.25. The highest BCUT2D eigenvalue weighted by Gasteiger charge is 2.42. The molecule has 0 aromatic heterocycles. The van der Waals surface area contributed by atoms with Crippen molar-refractivity contribution in [2.24, 2.45) is 0 Å². The Morgan fingerprint density at radius 3 is 2.40 bits per heavy atom. The second-order valence-corrected chi connectivity index (χ2v) is 10.6. The molecule has 6 heteroatoms. The molecule has 182 valence electrons. The molecule has 2 atom stereocenters. The van der Waals surface area contributed by atoms with Gasteiger partial charge in [0.05, 0.1) is 15.6 Å². The Bertz CT molecular complexity index is 1210. The maximum atomic E-state index is 13.7. The van der Waals surface area contributed by atoms with E-state index in [1.54, 1.807) is 12.1 Å². The fourth-order valence-corrected chi connectivity index (χ4v) is 6.00. The van der Waals surface area contributed by atoms with Crippen molar-refractivity contribution in [2.75, 3.05) is 0 Å². The number of carbonyl (C=O) groups excluding carboxylic acids is 2. The normalized spacial score (nSPS) is 23.1. The summed E-state index contributed by atoms with van der Waals surface area (Å²) in [4.78, 5) is 27.2. The van der Waals surface area contributed by atoms with Gasteiger partial charge in [-0.3, -0.25) is 4.79 Å². The molecule has 35 heavy (non-hydrogen) atoms. The lowest BCUT2D eigenvalue weighted by atomic mass is 9.71. The number of dihydropyridines is 1. The molecule has 0 radical (unpaired) electrons. The van der Waals surface area contributed by atoms with Crippen molar-refractivity contribution < 1.29 is 14.3 Å². The van der Waals surface area contributed by atoms with Crippen molar-refractivity contribution >= 4 is 35.0 Å². The van der Waals surface area contributed by atoms with Crippen LogP contribution in [-0.2, 0) is 14.3 Å². The summed E-state index contributed by atoms with van der Waals surface area (Å²) < 4.78 is 5.98. The molecule has 2 aliphatic carbocycles. The largest absolute Gasteiger partial charge is 0.459 e. The van der Waals surface area contributed by atoms with E-state index in [2.05, 4.69) is 17.4 Å². The average molecular weight is 510 g/mol. The van der Waals surface area contributed by atoms with Crippen LogP contribution in [0.15, 0.2) is 71.1 Å². The Labute approximate surface area is 216 Å². The van der Waals surface area contributed by atoms with E-state index >= 15 is 0 Å². The molecule has 3 aliphatic rings. The monoisotopic (exact) mass is 509 g/mol. The summed E-state index contributed by atoms with van der Waals surface area (Å²) >= 11 is 12.6. The second kappa shape index (κ2) is 10.2. The Morgan fingerprint density at radius 1 is 0.943 bits per heavy atom. The first-order chi connectivity index (χ1) is 16.9. The van der Waals surface area contributed by atoms with Crippen LogP contribution in [0.5, 0.6) is 0 Å². The maximum Gasteiger partial charge on any atom is 0.337 e. The third-order valence-electron chi connectivity index (χ3n) is 7.42. The van der Waals surface area contributed by atoms with Crippen LogP contribution < -0.4 is 5.32 Å². The Hall–Kier alpha value is -2.56. The van der Waals surface area contributed by atoms with Gasteiger partial charge < -0.3 is 10.1 Å². The molecule has 4 nitrogen and oxygen atoms in total. The molecule has 5 rings (SSSR count). The van der Waals surface area contributed by atoms with Crippen molar-refractivity contribution in [1.82, 2.24) is 5.32 Å². The number of Topliss-reactive ketones (excluding diaryl/α,β-unsaturated/α-hetero) is 1. The fourth-order valence-electron chi connectivity index (χ4n) is 5.69. The molecule has 1 heterocycles. The minimum absolute atomic E-state index is 0.0409. The zero-order valence-electron chi connectivity index (χ0n) is 19.8. The first-order valence-corrected chi connectivity index (χ1v) is 13.1. The molecule has 0 spiro atoms. The third kappa shape index (κ3) is 4.92. The molecule has 2 aromatic carbocycles. The highest BCUT2D eigenvalue weighted by atomic mass is 35.5. The second-order valence-electron chi connectivity index (χ2n) is 9.77. The van der Waals surface area contributed by atoms with Gasteiger partial charge in [-0.15, -0.1) is 0 Å². The number of ketones is 1. The van der Waals surface area contributed by atoms with Crippen LogP contribution in [0.3, 0.4) is 0 Å². The lowest BCUT2D eigenvalue weighted by Gasteiger charge is -2.37. The minimum Gasteiger partial charge on any atom is -0.459 e. The lowest BCUT2D eigenvalue weighted by Crippen LogP contribution is -2.37. The first kappa shape index (κ1) is 24.1. The SMILES string of the molecule is CC1=C(C(=O)OC2CCCCC2)[C@@H](c2ccc(Cl)c(Cl)c2)C2=C(C[C@@H](c3ccccc3)CC2=O)N1. The van der Waals surface area contributed by atoms with Gasteiger partial charge in [0.2, 0.25) is 0 Å². The standard InChI is InChI=1S/C29H29Cl2NO3/c1-17-26(29(34)35-21-10-6-3-7-11-21)27(19-12-13-22(30)23(31)14-19)28-24(32-17)15-20(16-25(28)33)18-8-4-2-5-9-18/h2,4-5,8-9,12-14,20-21,27,32H,3,6-7,10-11,15-16H2,1H3/t20-,27-/m1/s1. The van der Waals surface area contributed by atoms with Gasteiger partial charge in [-0.2, -0.15) is 0 Å². The summed E-state index contributed by atoms with van der Waals surface area (Å²) in [7, 11) is 0. The number of halogens is 2. The van der Waals surface area contributed by atoms with Crippen LogP contribution in [0.4, 0.5) is 0 Å². The summed E-state index contributed by atoms with van der Waals surface area (Å²) in [6.07, 6.45) is 6.10. The molecule has 1 fully saturated rings. The van der Waals surface area contributed by atoms with Gasteiger partial charge in [0, 0.05) is 29.3 Å². The molecule has 0 unspecified atom stereocenters. The highest BCUT2D eigenvalue weighted by molar-refractivity contribution is 6.42. The minimum atomic E-state index is -0.540. The van der Waals surface area contributed by atoms with Gasteiger partial charge in [0.1, 0.15) is 6.10 Å². The zero-order valence-corrected chi connectivity index (χ0v) is 21.3. The smallest absolute Gasteiger partial charge is 0.337 e. The number of benzene rings is 2. The zero-order chi connectivity index (χ0) is 24.5. The van der Waals surface area contributed by atoms with Crippen LogP contribution in [0.2, 0.25) is 10.0 Å². The average Bonchev–Trinajstić information content (AvgIpc) is 2.86. The third-order valence-corrected chi connectivity index (χ3v) is 8.16. The molecular weight excluding hydrogens is 481 g/mol. The number of hydrogen-bond donors (Lipinski definition) is 1. The van der Waals surface area contributed by atoms with E-state index in [1.807, 2.05) is 31.2 Å². The van der Waals surface area contributed by atoms with Crippen molar-refractivity contribution in [1.29, 1.82) is 0 Å². The molecule has 0 bridgehead atoms. The van der Waals surface area contributed by atoms with Crippen molar-refractivity contribution in [3.8, 4) is 0 Å². The van der Waals surface area contributed by atoms with E-state index in [4.69, 9.17) is 27.9 Å². The van der Waals surface area contributed by atoms with Gasteiger partial charge >= 0.3 is 5.97 Å². The number of nitrogens with one attached hydrogen (secondary N) is 1. The number of esters is 1. The Kier molecular flexibility index (Phi) is 7.04. The van der Waals surface area contributed by atoms with Crippen molar-refractivity contribution in [3.63, 3.8) is 0 Å². The van der Waals surface area contributed by atoms with Gasteiger partial charge in [0.25, 0.3) is 0 Å². The first-order valence-electron chi connectivity index (χ1n) is 12.4.